The molecule has 0 aliphatic carbocycles. The lowest BCUT2D eigenvalue weighted by Gasteiger charge is -2.21. The molecule has 1 aromatic heterocycles. The number of hydrogen-bond acceptors (Lipinski definition) is 3. The molecule has 1 aliphatic heterocycles. The molecule has 1 saturated heterocycles. The van der Waals surface area contributed by atoms with Crippen molar-refractivity contribution in [1.82, 2.24) is 14.9 Å². The minimum Gasteiger partial charge on any atom is -0.317 e. The van der Waals surface area contributed by atoms with Gasteiger partial charge in [0.15, 0.2) is 0 Å². The Morgan fingerprint density at radius 3 is 2.77 bits per heavy atom. The van der Waals surface area contributed by atoms with Crippen molar-refractivity contribution in [2.24, 2.45) is 5.92 Å². The molecule has 0 bridgehead atoms. The van der Waals surface area contributed by atoms with Gasteiger partial charge in [0.2, 0.25) is 11.9 Å². The van der Waals surface area contributed by atoms with E-state index in [1.807, 2.05) is 22.9 Å². The standard InChI is InChI=1S/C16H19BrN4O/c17-14-3-1-12(2-4-14)11-21-10-9-19-16(21)20-15(22)13-5-7-18-8-6-13/h1-4,9-10,13,18H,5-8,11H2,(H,19,20,22). The van der Waals surface area contributed by atoms with Crippen LogP contribution in [0.3, 0.4) is 0 Å². The Kier molecular flexibility index (Phi) is 4.90. The quantitative estimate of drug-likeness (QED) is 0.878. The molecule has 2 aromatic rings. The number of carbonyl (C=O) groups excluding carboxylic acids is 1. The van der Waals surface area contributed by atoms with E-state index in [9.17, 15) is 4.79 Å². The number of piperidine rings is 1. The first-order chi connectivity index (χ1) is 10.7. The Labute approximate surface area is 138 Å². The van der Waals surface area contributed by atoms with E-state index < -0.39 is 0 Å². The first-order valence-corrected chi connectivity index (χ1v) is 8.29. The molecule has 6 heteroatoms. The molecule has 0 spiro atoms. The van der Waals surface area contributed by atoms with E-state index in [2.05, 4.69) is 43.7 Å². The van der Waals surface area contributed by atoms with Gasteiger partial charge < -0.3 is 9.88 Å². The van der Waals surface area contributed by atoms with Crippen molar-refractivity contribution < 1.29 is 4.79 Å². The molecule has 0 unspecified atom stereocenters. The summed E-state index contributed by atoms with van der Waals surface area (Å²) in [6.45, 7) is 2.51. The van der Waals surface area contributed by atoms with Gasteiger partial charge >= 0.3 is 0 Å². The maximum absolute atomic E-state index is 12.3. The molecule has 0 atom stereocenters. The third-order valence-electron chi connectivity index (χ3n) is 3.93. The van der Waals surface area contributed by atoms with Gasteiger partial charge in [-0.25, -0.2) is 4.98 Å². The predicted molar refractivity (Wildman–Crippen MR) is 89.7 cm³/mol. The molecule has 5 nitrogen and oxygen atoms in total. The van der Waals surface area contributed by atoms with Crippen molar-refractivity contribution in [2.75, 3.05) is 18.4 Å². The number of benzene rings is 1. The monoisotopic (exact) mass is 362 g/mol. The van der Waals surface area contributed by atoms with E-state index >= 15 is 0 Å². The second-order valence-corrected chi connectivity index (χ2v) is 6.43. The fourth-order valence-electron chi connectivity index (χ4n) is 2.64. The molecule has 1 fully saturated rings. The zero-order valence-electron chi connectivity index (χ0n) is 12.3. The molecule has 1 amide bonds. The smallest absolute Gasteiger partial charge is 0.229 e. The van der Waals surface area contributed by atoms with E-state index in [-0.39, 0.29) is 11.8 Å². The van der Waals surface area contributed by atoms with Gasteiger partial charge in [-0.1, -0.05) is 28.1 Å². The number of aromatic nitrogens is 2. The highest BCUT2D eigenvalue weighted by molar-refractivity contribution is 9.10. The Morgan fingerprint density at radius 2 is 2.05 bits per heavy atom. The van der Waals surface area contributed by atoms with E-state index in [1.54, 1.807) is 6.20 Å². The van der Waals surface area contributed by atoms with Crippen molar-refractivity contribution in [1.29, 1.82) is 0 Å². The molecule has 1 aliphatic rings. The lowest BCUT2D eigenvalue weighted by Crippen LogP contribution is -2.35. The highest BCUT2D eigenvalue weighted by atomic mass is 79.9. The maximum Gasteiger partial charge on any atom is 0.229 e. The first kappa shape index (κ1) is 15.2. The van der Waals surface area contributed by atoms with E-state index in [0.29, 0.717) is 12.5 Å². The van der Waals surface area contributed by atoms with Crippen molar-refractivity contribution >= 4 is 27.8 Å². The van der Waals surface area contributed by atoms with Crippen molar-refractivity contribution in [3.63, 3.8) is 0 Å². The predicted octanol–water partition coefficient (Wildman–Crippen LogP) is 2.63. The number of anilines is 1. The lowest BCUT2D eigenvalue weighted by molar-refractivity contribution is -0.120. The van der Waals surface area contributed by atoms with Crippen LogP contribution in [0.15, 0.2) is 41.1 Å². The number of halogens is 1. The largest absolute Gasteiger partial charge is 0.317 e. The molecule has 0 saturated carbocycles. The fraction of sp³-hybridized carbons (Fsp3) is 0.375. The summed E-state index contributed by atoms with van der Waals surface area (Å²) in [6, 6.07) is 8.14. The van der Waals surface area contributed by atoms with Crippen LogP contribution in [0.2, 0.25) is 0 Å². The van der Waals surface area contributed by atoms with Crippen molar-refractivity contribution in [3.05, 3.63) is 46.7 Å². The Bertz CT molecular complexity index is 632. The van der Waals surface area contributed by atoms with Crippen molar-refractivity contribution in [2.45, 2.75) is 19.4 Å². The normalized spacial score (nSPS) is 15.7. The first-order valence-electron chi connectivity index (χ1n) is 7.49. The summed E-state index contributed by atoms with van der Waals surface area (Å²) < 4.78 is 3.02. The summed E-state index contributed by atoms with van der Waals surface area (Å²) >= 11 is 3.43. The third-order valence-corrected chi connectivity index (χ3v) is 4.46. The summed E-state index contributed by atoms with van der Waals surface area (Å²) in [5, 5.41) is 6.24. The van der Waals surface area contributed by atoms with Crippen LogP contribution in [-0.2, 0) is 11.3 Å². The highest BCUT2D eigenvalue weighted by Crippen LogP contribution is 2.16. The third kappa shape index (κ3) is 3.75. The van der Waals surface area contributed by atoms with E-state index in [1.165, 1.54) is 5.56 Å². The zero-order valence-corrected chi connectivity index (χ0v) is 13.8. The van der Waals surface area contributed by atoms with Gasteiger partial charge in [0.05, 0.1) is 6.54 Å². The average molecular weight is 363 g/mol. The molecule has 2 N–H and O–H groups in total. The van der Waals surface area contributed by atoms with E-state index in [0.717, 1.165) is 30.4 Å². The second-order valence-electron chi connectivity index (χ2n) is 5.52. The second kappa shape index (κ2) is 7.07. The van der Waals surface area contributed by atoms with Crippen molar-refractivity contribution in [3.8, 4) is 0 Å². The van der Waals surface area contributed by atoms with Crippen LogP contribution in [0.4, 0.5) is 5.95 Å². The minimum absolute atomic E-state index is 0.0738. The molecule has 0 radical (unpaired) electrons. The molecule has 2 heterocycles. The van der Waals surface area contributed by atoms with Gasteiger partial charge in [-0.3, -0.25) is 10.1 Å². The molecule has 3 rings (SSSR count). The Hall–Kier alpha value is -1.66. The van der Waals surface area contributed by atoms with Gasteiger partial charge in [0, 0.05) is 22.8 Å². The molecular formula is C16H19BrN4O. The summed E-state index contributed by atoms with van der Waals surface area (Å²) in [4.78, 5) is 16.6. The number of carbonyl (C=O) groups is 1. The van der Waals surface area contributed by atoms with Crippen LogP contribution < -0.4 is 10.6 Å². The molecule has 22 heavy (non-hydrogen) atoms. The van der Waals surface area contributed by atoms with Gasteiger partial charge in [-0.15, -0.1) is 0 Å². The number of rotatable bonds is 4. The zero-order chi connectivity index (χ0) is 15.4. The maximum atomic E-state index is 12.3. The average Bonchev–Trinajstić information content (AvgIpc) is 2.97. The SMILES string of the molecule is O=C(Nc1nccn1Cc1ccc(Br)cc1)C1CCNCC1. The number of nitrogens with one attached hydrogen (secondary N) is 2. The van der Waals surface area contributed by atoms with Gasteiger partial charge in [-0.05, 0) is 43.6 Å². The number of amides is 1. The molecule has 1 aromatic carbocycles. The lowest BCUT2D eigenvalue weighted by atomic mass is 9.97. The Morgan fingerprint density at radius 1 is 1.32 bits per heavy atom. The number of imidazole rings is 1. The summed E-state index contributed by atoms with van der Waals surface area (Å²) in [5.41, 5.74) is 1.17. The number of hydrogen-bond donors (Lipinski definition) is 2. The van der Waals surface area contributed by atoms with Crippen LogP contribution in [0.25, 0.3) is 0 Å². The minimum atomic E-state index is 0.0738. The van der Waals surface area contributed by atoms with Crippen LogP contribution >= 0.6 is 15.9 Å². The highest BCUT2D eigenvalue weighted by Gasteiger charge is 2.22. The van der Waals surface area contributed by atoms with Gasteiger partial charge in [0.1, 0.15) is 0 Å². The van der Waals surface area contributed by atoms with Crippen LogP contribution in [0.5, 0.6) is 0 Å². The van der Waals surface area contributed by atoms with Crippen LogP contribution in [-0.4, -0.2) is 28.5 Å². The molecule has 116 valence electrons. The number of nitrogens with zero attached hydrogens (tertiary/aromatic N) is 2. The summed E-state index contributed by atoms with van der Waals surface area (Å²) in [6.07, 6.45) is 5.38. The Balaban J connectivity index is 1.66. The van der Waals surface area contributed by atoms with Crippen LogP contribution in [0.1, 0.15) is 18.4 Å². The van der Waals surface area contributed by atoms with Gasteiger partial charge in [0.25, 0.3) is 0 Å². The summed E-state index contributed by atoms with van der Waals surface area (Å²) in [5.74, 6) is 0.773. The van der Waals surface area contributed by atoms with Gasteiger partial charge in [-0.2, -0.15) is 0 Å². The fourth-order valence-corrected chi connectivity index (χ4v) is 2.91. The molecular weight excluding hydrogens is 344 g/mol. The van der Waals surface area contributed by atoms with E-state index in [4.69, 9.17) is 0 Å². The topological polar surface area (TPSA) is 59.0 Å². The summed E-state index contributed by atoms with van der Waals surface area (Å²) in [7, 11) is 0. The van der Waals surface area contributed by atoms with Crippen LogP contribution in [0, 0.1) is 5.92 Å².